The van der Waals surface area contributed by atoms with Crippen molar-refractivity contribution in [2.45, 2.75) is 12.1 Å². The van der Waals surface area contributed by atoms with Gasteiger partial charge in [-0.2, -0.15) is 11.8 Å². The number of aliphatic hydroxyl groups is 1. The molecule has 2 heterocycles. The van der Waals surface area contributed by atoms with Crippen LogP contribution in [0.2, 0.25) is 0 Å². The molecule has 0 aliphatic carbocycles. The Bertz CT molecular complexity index is 309. The second-order valence-corrected chi connectivity index (χ2v) is 4.89. The number of hydrogen-bond acceptors (Lipinski definition) is 5. The van der Waals surface area contributed by atoms with Crippen LogP contribution in [0.25, 0.3) is 0 Å². The SMILES string of the molecule is CN1CCSCC1C(O)c1cncnc1. The third kappa shape index (κ3) is 2.48. The molecule has 0 saturated carbocycles. The van der Waals surface area contributed by atoms with Crippen molar-refractivity contribution in [1.82, 2.24) is 14.9 Å². The normalized spacial score (nSPS) is 25.1. The van der Waals surface area contributed by atoms with Gasteiger partial charge < -0.3 is 5.11 Å². The summed E-state index contributed by atoms with van der Waals surface area (Å²) in [6.07, 6.45) is 4.37. The van der Waals surface area contributed by atoms with Crippen LogP contribution in [0.5, 0.6) is 0 Å². The highest BCUT2D eigenvalue weighted by atomic mass is 32.2. The zero-order valence-corrected chi connectivity index (χ0v) is 9.52. The van der Waals surface area contributed by atoms with Crippen LogP contribution < -0.4 is 0 Å². The van der Waals surface area contributed by atoms with Crippen molar-refractivity contribution in [3.8, 4) is 0 Å². The Morgan fingerprint density at radius 3 is 2.93 bits per heavy atom. The molecule has 5 heteroatoms. The van der Waals surface area contributed by atoms with Crippen LogP contribution in [-0.2, 0) is 0 Å². The second kappa shape index (κ2) is 4.92. The lowest BCUT2D eigenvalue weighted by molar-refractivity contribution is 0.0753. The van der Waals surface area contributed by atoms with Crippen LogP contribution in [0.1, 0.15) is 11.7 Å². The van der Waals surface area contributed by atoms with E-state index in [-0.39, 0.29) is 6.04 Å². The maximum Gasteiger partial charge on any atom is 0.115 e. The lowest BCUT2D eigenvalue weighted by Crippen LogP contribution is -2.43. The molecule has 1 fully saturated rings. The van der Waals surface area contributed by atoms with Crippen LogP contribution in [0.15, 0.2) is 18.7 Å². The van der Waals surface area contributed by atoms with E-state index in [0.29, 0.717) is 0 Å². The highest BCUT2D eigenvalue weighted by Gasteiger charge is 2.27. The van der Waals surface area contributed by atoms with E-state index in [2.05, 4.69) is 21.9 Å². The average Bonchev–Trinajstić information content (AvgIpc) is 2.30. The number of rotatable bonds is 2. The molecular formula is C10H15N3OS. The number of hydrogen-bond donors (Lipinski definition) is 1. The largest absolute Gasteiger partial charge is 0.387 e. The van der Waals surface area contributed by atoms with Gasteiger partial charge in [0, 0.05) is 42.0 Å². The molecule has 0 amide bonds. The molecule has 1 aromatic heterocycles. The minimum atomic E-state index is -0.482. The molecule has 0 bridgehead atoms. The molecule has 4 nitrogen and oxygen atoms in total. The third-order valence-corrected chi connectivity index (χ3v) is 3.78. The van der Waals surface area contributed by atoms with E-state index in [9.17, 15) is 5.11 Å². The molecule has 0 radical (unpaired) electrons. The van der Waals surface area contributed by atoms with Crippen LogP contribution in [0, 0.1) is 0 Å². The van der Waals surface area contributed by atoms with E-state index in [1.807, 2.05) is 11.8 Å². The molecule has 0 spiro atoms. The molecule has 0 aromatic carbocycles. The standard InChI is InChI=1S/C10H15N3OS/c1-13-2-3-15-6-9(13)10(14)8-4-11-7-12-5-8/h4-5,7,9-10,14H,2-3,6H2,1H3. The first-order chi connectivity index (χ1) is 7.29. The van der Waals surface area contributed by atoms with Gasteiger partial charge in [0.1, 0.15) is 6.33 Å². The summed E-state index contributed by atoms with van der Waals surface area (Å²) in [5.41, 5.74) is 0.803. The van der Waals surface area contributed by atoms with Gasteiger partial charge in [-0.3, -0.25) is 4.90 Å². The van der Waals surface area contributed by atoms with Gasteiger partial charge in [0.05, 0.1) is 6.10 Å². The van der Waals surface area contributed by atoms with Gasteiger partial charge in [0.15, 0.2) is 0 Å². The van der Waals surface area contributed by atoms with E-state index in [1.54, 1.807) is 12.4 Å². The van der Waals surface area contributed by atoms with Gasteiger partial charge in [0.25, 0.3) is 0 Å². The fraction of sp³-hybridized carbons (Fsp3) is 0.600. The van der Waals surface area contributed by atoms with Gasteiger partial charge in [-0.05, 0) is 7.05 Å². The number of aromatic nitrogens is 2. The van der Waals surface area contributed by atoms with Gasteiger partial charge in [0.2, 0.25) is 0 Å². The topological polar surface area (TPSA) is 49.2 Å². The van der Waals surface area contributed by atoms with Gasteiger partial charge in [-0.15, -0.1) is 0 Å². The molecular weight excluding hydrogens is 210 g/mol. The first-order valence-electron chi connectivity index (χ1n) is 5.00. The van der Waals surface area contributed by atoms with E-state index >= 15 is 0 Å². The molecule has 1 aliphatic rings. The van der Waals surface area contributed by atoms with Crippen molar-refractivity contribution in [3.63, 3.8) is 0 Å². The number of aliphatic hydroxyl groups excluding tert-OH is 1. The van der Waals surface area contributed by atoms with Gasteiger partial charge >= 0.3 is 0 Å². The summed E-state index contributed by atoms with van der Waals surface area (Å²) in [4.78, 5) is 10.1. The molecule has 15 heavy (non-hydrogen) atoms. The van der Waals surface area contributed by atoms with Gasteiger partial charge in [-0.1, -0.05) is 0 Å². The second-order valence-electron chi connectivity index (χ2n) is 3.74. The van der Waals surface area contributed by atoms with Crippen molar-refractivity contribution in [3.05, 3.63) is 24.3 Å². The highest BCUT2D eigenvalue weighted by molar-refractivity contribution is 7.99. The lowest BCUT2D eigenvalue weighted by Gasteiger charge is -2.35. The minimum absolute atomic E-state index is 0.176. The molecule has 1 aliphatic heterocycles. The Balaban J connectivity index is 2.09. The lowest BCUT2D eigenvalue weighted by atomic mass is 10.1. The Hall–Kier alpha value is -0.650. The summed E-state index contributed by atoms with van der Waals surface area (Å²) in [6.45, 7) is 1.03. The maximum absolute atomic E-state index is 10.2. The molecule has 2 rings (SSSR count). The molecule has 82 valence electrons. The van der Waals surface area contributed by atoms with Crippen LogP contribution in [0.4, 0.5) is 0 Å². The summed E-state index contributed by atoms with van der Waals surface area (Å²) in [6, 6.07) is 0.176. The van der Waals surface area contributed by atoms with Crippen molar-refractivity contribution >= 4 is 11.8 Å². The summed E-state index contributed by atoms with van der Waals surface area (Å²) in [5.74, 6) is 2.11. The van der Waals surface area contributed by atoms with Crippen molar-refractivity contribution in [2.24, 2.45) is 0 Å². The Labute approximate surface area is 93.7 Å². The van der Waals surface area contributed by atoms with Gasteiger partial charge in [-0.25, -0.2) is 9.97 Å². The summed E-state index contributed by atoms with van der Waals surface area (Å²) in [7, 11) is 2.05. The predicted octanol–water partition coefficient (Wildman–Crippen LogP) is 0.557. The Morgan fingerprint density at radius 2 is 2.27 bits per heavy atom. The van der Waals surface area contributed by atoms with E-state index in [0.717, 1.165) is 23.6 Å². The number of likely N-dealkylation sites (N-methyl/N-ethyl adjacent to an activating group) is 1. The number of thioether (sulfide) groups is 1. The maximum atomic E-state index is 10.2. The fourth-order valence-electron chi connectivity index (χ4n) is 1.72. The summed E-state index contributed by atoms with van der Waals surface area (Å²) >= 11 is 1.89. The van der Waals surface area contributed by atoms with Crippen molar-refractivity contribution in [1.29, 1.82) is 0 Å². The smallest absolute Gasteiger partial charge is 0.115 e. The zero-order chi connectivity index (χ0) is 10.7. The Morgan fingerprint density at radius 1 is 1.53 bits per heavy atom. The molecule has 2 atom stereocenters. The fourth-order valence-corrected chi connectivity index (χ4v) is 2.99. The monoisotopic (exact) mass is 225 g/mol. The first kappa shape index (κ1) is 10.9. The molecule has 1 aromatic rings. The number of nitrogens with zero attached hydrogens (tertiary/aromatic N) is 3. The van der Waals surface area contributed by atoms with E-state index in [1.165, 1.54) is 6.33 Å². The Kier molecular flexibility index (Phi) is 3.56. The minimum Gasteiger partial charge on any atom is -0.387 e. The molecule has 1 N–H and O–H groups in total. The van der Waals surface area contributed by atoms with Crippen molar-refractivity contribution < 1.29 is 5.11 Å². The predicted molar refractivity (Wildman–Crippen MR) is 60.7 cm³/mol. The third-order valence-electron chi connectivity index (χ3n) is 2.73. The molecule has 2 unspecified atom stereocenters. The summed E-state index contributed by atoms with van der Waals surface area (Å²) < 4.78 is 0. The highest BCUT2D eigenvalue weighted by Crippen LogP contribution is 2.25. The van der Waals surface area contributed by atoms with Crippen LogP contribution >= 0.6 is 11.8 Å². The van der Waals surface area contributed by atoms with Crippen LogP contribution in [-0.4, -0.2) is 51.1 Å². The molecule has 1 saturated heterocycles. The quantitative estimate of drug-likeness (QED) is 0.797. The average molecular weight is 225 g/mol. The van der Waals surface area contributed by atoms with Crippen LogP contribution in [0.3, 0.4) is 0 Å². The zero-order valence-electron chi connectivity index (χ0n) is 8.71. The van der Waals surface area contributed by atoms with Crippen molar-refractivity contribution in [2.75, 3.05) is 25.1 Å². The van der Waals surface area contributed by atoms with E-state index < -0.39 is 6.10 Å². The summed E-state index contributed by atoms with van der Waals surface area (Å²) in [5, 5.41) is 10.2. The first-order valence-corrected chi connectivity index (χ1v) is 6.15. The van der Waals surface area contributed by atoms with E-state index in [4.69, 9.17) is 0 Å².